The van der Waals surface area contributed by atoms with Gasteiger partial charge in [-0.2, -0.15) is 5.10 Å². The monoisotopic (exact) mass is 389 g/mol. The zero-order valence-electron chi connectivity index (χ0n) is 16.7. The third-order valence-corrected chi connectivity index (χ3v) is 5.27. The van der Waals surface area contributed by atoms with E-state index in [9.17, 15) is 4.79 Å². The minimum atomic E-state index is -0.119. The minimum absolute atomic E-state index is 0.119. The molecule has 4 aromatic rings. The molecule has 8 nitrogen and oxygen atoms in total. The van der Waals surface area contributed by atoms with Crippen molar-refractivity contribution in [1.82, 2.24) is 29.3 Å². The molecule has 2 atom stereocenters. The van der Waals surface area contributed by atoms with Gasteiger partial charge in [0.05, 0.1) is 23.3 Å². The van der Waals surface area contributed by atoms with Crippen LogP contribution < -0.4 is 15.8 Å². The minimum Gasteiger partial charge on any atom is -0.367 e. The second kappa shape index (κ2) is 6.66. The molecule has 1 aliphatic heterocycles. The maximum atomic E-state index is 12.8. The molecule has 2 unspecified atom stereocenters. The molecule has 5 rings (SSSR count). The van der Waals surface area contributed by atoms with E-state index in [-0.39, 0.29) is 5.56 Å². The average molecular weight is 389 g/mol. The normalized spacial score (nSPS) is 19.9. The van der Waals surface area contributed by atoms with Crippen molar-refractivity contribution in [3.8, 4) is 11.4 Å². The number of aryl methyl sites for hydroxylation is 1. The van der Waals surface area contributed by atoms with E-state index in [2.05, 4.69) is 39.1 Å². The fourth-order valence-corrected chi connectivity index (χ4v) is 4.08. The van der Waals surface area contributed by atoms with Crippen molar-refractivity contribution < 1.29 is 0 Å². The zero-order chi connectivity index (χ0) is 20.1. The van der Waals surface area contributed by atoms with E-state index in [1.165, 1.54) is 6.07 Å². The lowest BCUT2D eigenvalue weighted by Gasteiger charge is -2.37. The van der Waals surface area contributed by atoms with Crippen LogP contribution >= 0.6 is 0 Å². The van der Waals surface area contributed by atoms with Gasteiger partial charge in [-0.25, -0.2) is 14.5 Å². The van der Waals surface area contributed by atoms with E-state index in [4.69, 9.17) is 0 Å². The molecule has 148 valence electrons. The highest BCUT2D eigenvalue weighted by Crippen LogP contribution is 2.20. The van der Waals surface area contributed by atoms with Crippen molar-refractivity contribution in [3.63, 3.8) is 0 Å². The van der Waals surface area contributed by atoms with Gasteiger partial charge in [0, 0.05) is 37.4 Å². The summed E-state index contributed by atoms with van der Waals surface area (Å²) in [5.74, 6) is 0. The fourth-order valence-electron chi connectivity index (χ4n) is 4.08. The Morgan fingerprint density at radius 3 is 2.52 bits per heavy atom. The number of fused-ring (bicyclic) bond motifs is 2. The number of nitrogens with zero attached hydrogens (tertiary/aromatic N) is 6. The first-order chi connectivity index (χ1) is 14.0. The summed E-state index contributed by atoms with van der Waals surface area (Å²) in [6.07, 6.45) is 3.74. The quantitative estimate of drug-likeness (QED) is 0.564. The SMILES string of the molecule is Cc1cn2nc(-c3cc(=O)n4cc(N5CC(C)NC(C)C5)ccc4n3)ccc2n1. The van der Waals surface area contributed by atoms with Gasteiger partial charge in [-0.15, -0.1) is 0 Å². The summed E-state index contributed by atoms with van der Waals surface area (Å²) in [5.41, 5.74) is 4.38. The molecule has 1 saturated heterocycles. The third-order valence-electron chi connectivity index (χ3n) is 5.27. The molecular weight excluding hydrogens is 366 g/mol. The van der Waals surface area contributed by atoms with Crippen LogP contribution in [0, 0.1) is 6.92 Å². The van der Waals surface area contributed by atoms with E-state index >= 15 is 0 Å². The lowest BCUT2D eigenvalue weighted by molar-refractivity contribution is 0.407. The summed E-state index contributed by atoms with van der Waals surface area (Å²) < 4.78 is 3.32. The summed E-state index contributed by atoms with van der Waals surface area (Å²) in [5, 5.41) is 8.08. The van der Waals surface area contributed by atoms with Gasteiger partial charge in [0.2, 0.25) is 0 Å². The molecule has 0 amide bonds. The summed E-state index contributed by atoms with van der Waals surface area (Å²) in [4.78, 5) is 24.2. The Hall–Kier alpha value is -3.26. The Bertz CT molecular complexity index is 1270. The lowest BCUT2D eigenvalue weighted by Crippen LogP contribution is -2.54. The molecule has 1 aliphatic rings. The highest BCUT2D eigenvalue weighted by Gasteiger charge is 2.21. The molecule has 1 N–H and O–H groups in total. The summed E-state index contributed by atoms with van der Waals surface area (Å²) in [6.45, 7) is 8.09. The Kier molecular flexibility index (Phi) is 4.09. The predicted octanol–water partition coefficient (Wildman–Crippen LogP) is 1.90. The van der Waals surface area contributed by atoms with Crippen molar-refractivity contribution in [3.05, 3.63) is 58.8 Å². The van der Waals surface area contributed by atoms with Gasteiger partial charge in [-0.1, -0.05) is 0 Å². The van der Waals surface area contributed by atoms with E-state index in [1.54, 1.807) is 8.92 Å². The molecule has 4 aromatic heterocycles. The number of pyridine rings is 1. The topological polar surface area (TPSA) is 79.8 Å². The second-order valence-electron chi connectivity index (χ2n) is 7.87. The van der Waals surface area contributed by atoms with E-state index in [0.29, 0.717) is 29.1 Å². The largest absolute Gasteiger partial charge is 0.367 e. The molecular formula is C21H23N7O. The van der Waals surface area contributed by atoms with E-state index in [0.717, 1.165) is 30.1 Å². The van der Waals surface area contributed by atoms with Gasteiger partial charge in [0.1, 0.15) is 11.3 Å². The van der Waals surface area contributed by atoms with Crippen LogP contribution in [0.25, 0.3) is 22.7 Å². The van der Waals surface area contributed by atoms with E-state index in [1.807, 2.05) is 43.6 Å². The Labute approximate surface area is 167 Å². The number of hydrogen-bond acceptors (Lipinski definition) is 6. The second-order valence-corrected chi connectivity index (χ2v) is 7.87. The molecule has 8 heteroatoms. The van der Waals surface area contributed by atoms with Gasteiger partial charge >= 0.3 is 0 Å². The van der Waals surface area contributed by atoms with Gasteiger partial charge in [-0.3, -0.25) is 9.20 Å². The standard InChI is InChI=1S/C21H23N7O/c1-13-9-26(10-14(2)22-13)16-4-6-19-24-18(8-21(29)27(19)12-16)17-5-7-20-23-15(3)11-28(20)25-17/h4-8,11-14,22H,9-10H2,1-3H3. The van der Waals surface area contributed by atoms with Gasteiger partial charge in [0.25, 0.3) is 5.56 Å². The first kappa shape index (κ1) is 17.8. The number of hydrogen-bond donors (Lipinski definition) is 1. The number of piperazine rings is 1. The summed E-state index contributed by atoms with van der Waals surface area (Å²) in [7, 11) is 0. The van der Waals surface area contributed by atoms with Crippen LogP contribution in [0.2, 0.25) is 0 Å². The van der Waals surface area contributed by atoms with Crippen LogP contribution in [-0.2, 0) is 0 Å². The van der Waals surface area contributed by atoms with Crippen molar-refractivity contribution in [1.29, 1.82) is 0 Å². The molecule has 0 saturated carbocycles. The number of imidazole rings is 1. The first-order valence-corrected chi connectivity index (χ1v) is 9.84. The maximum absolute atomic E-state index is 12.8. The molecule has 29 heavy (non-hydrogen) atoms. The van der Waals surface area contributed by atoms with Crippen molar-refractivity contribution in [2.75, 3.05) is 18.0 Å². The van der Waals surface area contributed by atoms with Crippen LogP contribution in [0.15, 0.2) is 47.5 Å². The highest BCUT2D eigenvalue weighted by molar-refractivity contribution is 5.60. The van der Waals surface area contributed by atoms with Gasteiger partial charge in [0.15, 0.2) is 5.65 Å². The smallest absolute Gasteiger partial charge is 0.258 e. The number of nitrogens with one attached hydrogen (secondary N) is 1. The molecule has 5 heterocycles. The number of rotatable bonds is 2. The molecule has 0 aromatic carbocycles. The Morgan fingerprint density at radius 2 is 1.72 bits per heavy atom. The van der Waals surface area contributed by atoms with Crippen LogP contribution in [0.5, 0.6) is 0 Å². The number of anilines is 1. The van der Waals surface area contributed by atoms with Crippen molar-refractivity contribution in [2.45, 2.75) is 32.9 Å². The van der Waals surface area contributed by atoms with Crippen LogP contribution in [0.1, 0.15) is 19.5 Å². The van der Waals surface area contributed by atoms with Crippen LogP contribution in [0.3, 0.4) is 0 Å². The number of aromatic nitrogens is 5. The summed E-state index contributed by atoms with van der Waals surface area (Å²) >= 11 is 0. The highest BCUT2D eigenvalue weighted by atomic mass is 16.1. The fraction of sp³-hybridized carbons (Fsp3) is 0.333. The van der Waals surface area contributed by atoms with Gasteiger partial charge < -0.3 is 10.2 Å². The molecule has 0 spiro atoms. The molecule has 0 aliphatic carbocycles. The maximum Gasteiger partial charge on any atom is 0.258 e. The third kappa shape index (κ3) is 3.25. The van der Waals surface area contributed by atoms with Gasteiger partial charge in [-0.05, 0) is 45.0 Å². The lowest BCUT2D eigenvalue weighted by atomic mass is 10.1. The molecule has 0 radical (unpaired) electrons. The first-order valence-electron chi connectivity index (χ1n) is 9.84. The zero-order valence-corrected chi connectivity index (χ0v) is 16.7. The van der Waals surface area contributed by atoms with Crippen LogP contribution in [0.4, 0.5) is 5.69 Å². The molecule has 0 bridgehead atoms. The Morgan fingerprint density at radius 1 is 0.966 bits per heavy atom. The van der Waals surface area contributed by atoms with Crippen molar-refractivity contribution >= 4 is 17.0 Å². The predicted molar refractivity (Wildman–Crippen MR) is 112 cm³/mol. The van der Waals surface area contributed by atoms with Crippen molar-refractivity contribution in [2.24, 2.45) is 0 Å². The van der Waals surface area contributed by atoms with E-state index < -0.39 is 0 Å². The van der Waals surface area contributed by atoms with Crippen LogP contribution in [-0.4, -0.2) is 49.2 Å². The molecule has 1 fully saturated rings. The summed E-state index contributed by atoms with van der Waals surface area (Å²) in [6, 6.07) is 10.0. The average Bonchev–Trinajstić information content (AvgIpc) is 3.06. The Balaban J connectivity index is 1.55.